The Bertz CT molecular complexity index is 732. The van der Waals surface area contributed by atoms with E-state index in [0.717, 1.165) is 24.3 Å². The normalized spacial score (nSPS) is 24.4. The number of benzene rings is 1. The molecule has 0 radical (unpaired) electrons. The fourth-order valence-electron chi connectivity index (χ4n) is 4.10. The van der Waals surface area contributed by atoms with Gasteiger partial charge in [0.2, 0.25) is 0 Å². The van der Waals surface area contributed by atoms with Crippen molar-refractivity contribution in [2.24, 2.45) is 5.92 Å². The fourth-order valence-corrected chi connectivity index (χ4v) is 4.10. The van der Waals surface area contributed by atoms with Crippen LogP contribution in [0, 0.1) is 5.92 Å². The summed E-state index contributed by atoms with van der Waals surface area (Å²) in [4.78, 5) is 19.2. The molecule has 3 atom stereocenters. The summed E-state index contributed by atoms with van der Waals surface area (Å²) in [6.07, 6.45) is 5.01. The number of ether oxygens (including phenoxy) is 2. The summed E-state index contributed by atoms with van der Waals surface area (Å²) in [5, 5.41) is 0. The number of rotatable bonds is 5. The van der Waals surface area contributed by atoms with Gasteiger partial charge >= 0.3 is 0 Å². The van der Waals surface area contributed by atoms with Crippen molar-refractivity contribution >= 4 is 5.91 Å². The first-order chi connectivity index (χ1) is 12.3. The number of aromatic nitrogens is 1. The van der Waals surface area contributed by atoms with Crippen LogP contribution in [0.25, 0.3) is 0 Å². The van der Waals surface area contributed by atoms with E-state index in [2.05, 4.69) is 4.98 Å². The van der Waals surface area contributed by atoms with Crippen LogP contribution in [0.2, 0.25) is 0 Å². The first-order valence-electron chi connectivity index (χ1n) is 8.77. The Labute approximate surface area is 147 Å². The molecule has 4 rings (SSSR count). The Balaban J connectivity index is 1.48. The number of hydrogen-bond acceptors (Lipinski definition) is 4. The Kier molecular flexibility index (Phi) is 4.30. The van der Waals surface area contributed by atoms with Crippen molar-refractivity contribution in [2.45, 2.75) is 31.3 Å². The van der Waals surface area contributed by atoms with Crippen LogP contribution < -0.4 is 9.47 Å². The highest BCUT2D eigenvalue weighted by atomic mass is 16.5. The number of pyridine rings is 1. The molecule has 2 bridgehead atoms. The van der Waals surface area contributed by atoms with E-state index < -0.39 is 0 Å². The highest BCUT2D eigenvalue weighted by Crippen LogP contribution is 2.43. The van der Waals surface area contributed by atoms with Gasteiger partial charge in [0.05, 0.1) is 13.2 Å². The van der Waals surface area contributed by atoms with Gasteiger partial charge in [0.1, 0.15) is 23.8 Å². The molecule has 2 aliphatic rings. The highest BCUT2D eigenvalue weighted by Gasteiger charge is 2.48. The summed E-state index contributed by atoms with van der Waals surface area (Å²) in [7, 11) is 1.65. The second-order valence-corrected chi connectivity index (χ2v) is 6.71. The van der Waals surface area contributed by atoms with Crippen LogP contribution >= 0.6 is 0 Å². The number of carbonyl (C=O) groups is 1. The summed E-state index contributed by atoms with van der Waals surface area (Å²) in [5.74, 6) is 2.15. The molecule has 1 aliphatic carbocycles. The van der Waals surface area contributed by atoms with Gasteiger partial charge in [0.25, 0.3) is 5.91 Å². The van der Waals surface area contributed by atoms with Crippen LogP contribution in [-0.4, -0.2) is 41.6 Å². The monoisotopic (exact) mass is 338 g/mol. The summed E-state index contributed by atoms with van der Waals surface area (Å²) < 4.78 is 11.2. The Morgan fingerprint density at radius 1 is 1.16 bits per heavy atom. The number of methoxy groups -OCH3 is 1. The molecule has 1 saturated carbocycles. The topological polar surface area (TPSA) is 51.7 Å². The lowest BCUT2D eigenvalue weighted by Crippen LogP contribution is -2.48. The summed E-state index contributed by atoms with van der Waals surface area (Å²) in [6.45, 7) is 0.520. The molecule has 1 aromatic carbocycles. The van der Waals surface area contributed by atoms with Gasteiger partial charge in [-0.25, -0.2) is 0 Å². The minimum absolute atomic E-state index is 0.0242. The van der Waals surface area contributed by atoms with Crippen LogP contribution in [-0.2, 0) is 0 Å². The molecule has 25 heavy (non-hydrogen) atoms. The van der Waals surface area contributed by atoms with E-state index >= 15 is 0 Å². The van der Waals surface area contributed by atoms with Crippen molar-refractivity contribution < 1.29 is 14.3 Å². The lowest BCUT2D eigenvalue weighted by atomic mass is 9.99. The van der Waals surface area contributed by atoms with Crippen molar-refractivity contribution in [2.75, 3.05) is 13.7 Å². The third-order valence-electron chi connectivity index (χ3n) is 5.34. The maximum absolute atomic E-state index is 12.9. The number of hydrogen-bond donors (Lipinski definition) is 0. The molecule has 2 aromatic rings. The van der Waals surface area contributed by atoms with E-state index in [4.69, 9.17) is 9.47 Å². The van der Waals surface area contributed by atoms with Crippen molar-refractivity contribution in [3.05, 3.63) is 54.4 Å². The molecular weight excluding hydrogens is 316 g/mol. The first-order valence-corrected chi connectivity index (χ1v) is 8.77. The van der Waals surface area contributed by atoms with Crippen molar-refractivity contribution in [1.29, 1.82) is 0 Å². The maximum atomic E-state index is 12.9. The van der Waals surface area contributed by atoms with E-state index in [-0.39, 0.29) is 11.9 Å². The SMILES string of the molecule is COc1ccc(OC[C@H]2[C@H]3CC[C@@H](C3)N2C(=O)c2ccccn2)cc1. The van der Waals surface area contributed by atoms with E-state index in [1.165, 1.54) is 6.42 Å². The zero-order chi connectivity index (χ0) is 17.2. The number of piperidine rings is 1. The van der Waals surface area contributed by atoms with E-state index in [1.54, 1.807) is 19.4 Å². The minimum Gasteiger partial charge on any atom is -0.497 e. The van der Waals surface area contributed by atoms with Crippen LogP contribution in [0.5, 0.6) is 11.5 Å². The molecule has 5 heteroatoms. The molecule has 2 fully saturated rings. The van der Waals surface area contributed by atoms with Gasteiger partial charge in [-0.2, -0.15) is 0 Å². The van der Waals surface area contributed by atoms with Crippen molar-refractivity contribution in [3.8, 4) is 11.5 Å². The number of amides is 1. The van der Waals surface area contributed by atoms with Crippen LogP contribution in [0.1, 0.15) is 29.8 Å². The average Bonchev–Trinajstić information content (AvgIpc) is 3.28. The zero-order valence-electron chi connectivity index (χ0n) is 14.3. The Morgan fingerprint density at radius 2 is 1.96 bits per heavy atom. The van der Waals surface area contributed by atoms with Crippen LogP contribution in [0.15, 0.2) is 48.7 Å². The van der Waals surface area contributed by atoms with Gasteiger partial charge in [-0.15, -0.1) is 0 Å². The molecule has 1 aliphatic heterocycles. The van der Waals surface area contributed by atoms with E-state index in [0.29, 0.717) is 24.3 Å². The molecule has 130 valence electrons. The van der Waals surface area contributed by atoms with Crippen molar-refractivity contribution in [1.82, 2.24) is 9.88 Å². The van der Waals surface area contributed by atoms with Gasteiger partial charge in [-0.1, -0.05) is 6.07 Å². The molecule has 0 N–H and O–H groups in total. The van der Waals surface area contributed by atoms with Gasteiger partial charge in [0, 0.05) is 12.2 Å². The third kappa shape index (κ3) is 3.06. The third-order valence-corrected chi connectivity index (χ3v) is 5.34. The molecule has 0 spiro atoms. The number of fused-ring (bicyclic) bond motifs is 2. The smallest absolute Gasteiger partial charge is 0.273 e. The van der Waals surface area contributed by atoms with Crippen LogP contribution in [0.3, 0.4) is 0 Å². The largest absolute Gasteiger partial charge is 0.497 e. The van der Waals surface area contributed by atoms with Gasteiger partial charge in [0.15, 0.2) is 0 Å². The number of nitrogens with zero attached hydrogens (tertiary/aromatic N) is 2. The fraction of sp³-hybridized carbons (Fsp3) is 0.400. The lowest BCUT2D eigenvalue weighted by molar-refractivity contribution is 0.0500. The quantitative estimate of drug-likeness (QED) is 0.840. The molecule has 1 saturated heterocycles. The summed E-state index contributed by atoms with van der Waals surface area (Å²) in [6, 6.07) is 13.5. The molecule has 2 heterocycles. The molecule has 1 aromatic heterocycles. The average molecular weight is 338 g/mol. The number of carbonyl (C=O) groups excluding carboxylic acids is 1. The second kappa shape index (κ2) is 6.75. The van der Waals surface area contributed by atoms with Crippen molar-refractivity contribution in [3.63, 3.8) is 0 Å². The summed E-state index contributed by atoms with van der Waals surface area (Å²) >= 11 is 0. The standard InChI is InChI=1S/C20H22N2O3/c1-24-16-7-9-17(10-8-16)25-13-19-14-5-6-15(12-14)22(19)20(23)18-4-2-3-11-21-18/h2-4,7-11,14-15,19H,5-6,12-13H2,1H3/t14-,15-,19-/m0/s1. The maximum Gasteiger partial charge on any atom is 0.273 e. The van der Waals surface area contributed by atoms with E-state index in [9.17, 15) is 4.79 Å². The Hall–Kier alpha value is -2.56. The predicted molar refractivity (Wildman–Crippen MR) is 93.8 cm³/mol. The molecule has 5 nitrogen and oxygen atoms in total. The zero-order valence-corrected chi connectivity index (χ0v) is 14.3. The molecular formula is C20H22N2O3. The molecule has 0 unspecified atom stereocenters. The van der Waals surface area contributed by atoms with Gasteiger partial charge in [-0.05, 0) is 61.6 Å². The first kappa shape index (κ1) is 15.9. The summed E-state index contributed by atoms with van der Waals surface area (Å²) in [5.41, 5.74) is 0.518. The van der Waals surface area contributed by atoms with Crippen LogP contribution in [0.4, 0.5) is 0 Å². The lowest BCUT2D eigenvalue weighted by Gasteiger charge is -2.35. The Morgan fingerprint density at radius 3 is 2.68 bits per heavy atom. The molecule has 1 amide bonds. The van der Waals surface area contributed by atoms with Gasteiger partial charge < -0.3 is 14.4 Å². The minimum atomic E-state index is 0.0242. The van der Waals surface area contributed by atoms with Gasteiger partial charge in [-0.3, -0.25) is 9.78 Å². The highest BCUT2D eigenvalue weighted by molar-refractivity contribution is 5.93. The predicted octanol–water partition coefficient (Wildman–Crippen LogP) is 3.16. The second-order valence-electron chi connectivity index (χ2n) is 6.71. The number of likely N-dealkylation sites (tertiary alicyclic amines) is 1. The van der Waals surface area contributed by atoms with E-state index in [1.807, 2.05) is 41.3 Å².